The van der Waals surface area contributed by atoms with Crippen molar-refractivity contribution in [2.45, 2.75) is 26.8 Å². The van der Waals surface area contributed by atoms with Crippen molar-refractivity contribution in [3.63, 3.8) is 0 Å². The molecule has 3 aromatic rings. The number of benzene rings is 3. The highest BCUT2D eigenvalue weighted by molar-refractivity contribution is 5.95. The summed E-state index contributed by atoms with van der Waals surface area (Å²) in [6.45, 7) is 5.92. The Labute approximate surface area is 189 Å². The lowest BCUT2D eigenvalue weighted by Gasteiger charge is -2.21. The molecule has 3 rings (SSSR count). The third-order valence-electron chi connectivity index (χ3n) is 5.42. The molecule has 0 spiro atoms. The van der Waals surface area contributed by atoms with E-state index in [0.29, 0.717) is 11.4 Å². The van der Waals surface area contributed by atoms with Crippen LogP contribution in [0, 0.1) is 13.8 Å². The van der Waals surface area contributed by atoms with E-state index in [1.807, 2.05) is 88.5 Å². The molecule has 6 heteroatoms. The molecule has 3 aromatic carbocycles. The van der Waals surface area contributed by atoms with E-state index in [4.69, 9.17) is 4.74 Å². The van der Waals surface area contributed by atoms with E-state index in [0.717, 1.165) is 27.5 Å². The van der Waals surface area contributed by atoms with Crippen molar-refractivity contribution in [1.29, 1.82) is 0 Å². The summed E-state index contributed by atoms with van der Waals surface area (Å²) in [5.41, 5.74) is 3.54. The highest BCUT2D eigenvalue weighted by Crippen LogP contribution is 2.22. The molecular weight excluding hydrogens is 402 g/mol. The number of hydrogen-bond acceptors (Lipinski definition) is 3. The third-order valence-corrected chi connectivity index (χ3v) is 5.42. The molecule has 0 saturated heterocycles. The van der Waals surface area contributed by atoms with E-state index in [1.165, 1.54) is 0 Å². The fourth-order valence-corrected chi connectivity index (χ4v) is 3.31. The lowest BCUT2D eigenvalue weighted by Crippen LogP contribution is -3.14. The molecule has 2 amide bonds. The number of carbonyl (C=O) groups excluding carboxylic acids is 2. The van der Waals surface area contributed by atoms with E-state index < -0.39 is 6.04 Å². The molecule has 0 aliphatic rings. The Morgan fingerprint density at radius 1 is 0.844 bits per heavy atom. The Morgan fingerprint density at radius 3 is 2.06 bits per heavy atom. The molecule has 0 aromatic heterocycles. The predicted octanol–water partition coefficient (Wildman–Crippen LogP) is 3.58. The van der Waals surface area contributed by atoms with E-state index >= 15 is 0 Å². The Bertz CT molecular complexity index is 1050. The SMILES string of the molecule is Cc1cccc(C)c1NC(=O)C[NH+](C)[C@H](C)C(=O)Nc1ccc(Oc2ccccc2)cc1. The van der Waals surface area contributed by atoms with Gasteiger partial charge in [0.2, 0.25) is 0 Å². The van der Waals surface area contributed by atoms with Crippen LogP contribution in [-0.2, 0) is 9.59 Å². The van der Waals surface area contributed by atoms with Gasteiger partial charge in [0.05, 0.1) is 7.05 Å². The minimum atomic E-state index is -0.404. The maximum Gasteiger partial charge on any atom is 0.282 e. The number of aryl methyl sites for hydroxylation is 2. The molecule has 0 heterocycles. The number of anilines is 2. The molecule has 0 bridgehead atoms. The lowest BCUT2D eigenvalue weighted by atomic mass is 10.1. The van der Waals surface area contributed by atoms with Gasteiger partial charge in [0, 0.05) is 11.4 Å². The highest BCUT2D eigenvalue weighted by Gasteiger charge is 2.24. The number of rotatable bonds is 8. The number of likely N-dealkylation sites (N-methyl/N-ethyl adjacent to an activating group) is 1. The maximum atomic E-state index is 12.7. The van der Waals surface area contributed by atoms with Gasteiger partial charge in [-0.15, -0.1) is 0 Å². The smallest absolute Gasteiger partial charge is 0.282 e. The van der Waals surface area contributed by atoms with Crippen LogP contribution in [-0.4, -0.2) is 31.4 Å². The third kappa shape index (κ3) is 6.18. The number of nitrogens with one attached hydrogen (secondary N) is 3. The second kappa shape index (κ2) is 10.6. The first-order valence-electron chi connectivity index (χ1n) is 10.7. The molecule has 0 fully saturated rings. The van der Waals surface area contributed by atoms with E-state index in [1.54, 1.807) is 12.1 Å². The van der Waals surface area contributed by atoms with Gasteiger partial charge in [-0.25, -0.2) is 0 Å². The highest BCUT2D eigenvalue weighted by atomic mass is 16.5. The first-order valence-corrected chi connectivity index (χ1v) is 10.7. The van der Waals surface area contributed by atoms with Crippen molar-refractivity contribution in [2.24, 2.45) is 0 Å². The molecule has 166 valence electrons. The van der Waals surface area contributed by atoms with Gasteiger partial charge in [-0.05, 0) is 68.3 Å². The first kappa shape index (κ1) is 23.0. The number of ether oxygens (including phenoxy) is 1. The van der Waals surface area contributed by atoms with Gasteiger partial charge in [0.25, 0.3) is 11.8 Å². The number of amides is 2. The standard InChI is InChI=1S/C26H29N3O3/c1-18-9-8-10-19(2)25(18)28-24(30)17-29(4)20(3)26(31)27-21-13-15-23(16-14-21)32-22-11-6-5-7-12-22/h5-16,20H,17H2,1-4H3,(H,27,31)(H,28,30)/p+1/t20-/m1/s1. The van der Waals surface area contributed by atoms with Gasteiger partial charge < -0.3 is 20.3 Å². The average molecular weight is 433 g/mol. The molecule has 1 unspecified atom stereocenters. The molecule has 0 radical (unpaired) electrons. The van der Waals surface area contributed by atoms with Gasteiger partial charge >= 0.3 is 0 Å². The summed E-state index contributed by atoms with van der Waals surface area (Å²) < 4.78 is 5.77. The molecular formula is C26H30N3O3+. The zero-order chi connectivity index (χ0) is 23.1. The van der Waals surface area contributed by atoms with Gasteiger partial charge in [0.1, 0.15) is 11.5 Å². The van der Waals surface area contributed by atoms with Crippen LogP contribution < -0.4 is 20.3 Å². The molecule has 0 aliphatic carbocycles. The second-order valence-electron chi connectivity index (χ2n) is 7.99. The normalized spacial score (nSPS) is 12.5. The summed E-state index contributed by atoms with van der Waals surface area (Å²) in [5.74, 6) is 1.16. The van der Waals surface area contributed by atoms with Crippen LogP contribution in [0.5, 0.6) is 11.5 Å². The second-order valence-corrected chi connectivity index (χ2v) is 7.99. The first-order chi connectivity index (χ1) is 15.3. The van der Waals surface area contributed by atoms with Crippen LogP contribution in [0.3, 0.4) is 0 Å². The predicted molar refractivity (Wildman–Crippen MR) is 127 cm³/mol. The van der Waals surface area contributed by atoms with Crippen molar-refractivity contribution in [3.05, 3.63) is 83.9 Å². The molecule has 0 aliphatic heterocycles. The maximum absolute atomic E-state index is 12.7. The fourth-order valence-electron chi connectivity index (χ4n) is 3.31. The monoisotopic (exact) mass is 432 g/mol. The van der Waals surface area contributed by atoms with Gasteiger partial charge in [0.15, 0.2) is 12.6 Å². The molecule has 6 nitrogen and oxygen atoms in total. The largest absolute Gasteiger partial charge is 0.457 e. The average Bonchev–Trinajstić information content (AvgIpc) is 2.78. The summed E-state index contributed by atoms with van der Waals surface area (Å²) in [6, 6.07) is 22.2. The zero-order valence-electron chi connectivity index (χ0n) is 18.9. The van der Waals surface area contributed by atoms with E-state index in [-0.39, 0.29) is 18.4 Å². The Balaban J connectivity index is 1.52. The zero-order valence-corrected chi connectivity index (χ0v) is 18.9. The Kier molecular flexibility index (Phi) is 7.63. The fraction of sp³-hybridized carbons (Fsp3) is 0.231. The summed E-state index contributed by atoms with van der Waals surface area (Å²) >= 11 is 0. The van der Waals surface area contributed by atoms with Crippen molar-refractivity contribution < 1.29 is 19.2 Å². The topological polar surface area (TPSA) is 71.9 Å². The van der Waals surface area contributed by atoms with Crippen LogP contribution in [0.1, 0.15) is 18.1 Å². The van der Waals surface area contributed by atoms with Crippen LogP contribution in [0.25, 0.3) is 0 Å². The summed E-state index contributed by atoms with van der Waals surface area (Å²) in [4.78, 5) is 26.0. The molecule has 3 N–H and O–H groups in total. The number of quaternary nitrogens is 1. The quantitative estimate of drug-likeness (QED) is 0.510. The Morgan fingerprint density at radius 2 is 1.44 bits per heavy atom. The van der Waals surface area contributed by atoms with Gasteiger partial charge in [-0.3, -0.25) is 9.59 Å². The van der Waals surface area contributed by atoms with Crippen LogP contribution >= 0.6 is 0 Å². The summed E-state index contributed by atoms with van der Waals surface area (Å²) in [5, 5.41) is 5.88. The molecule has 0 saturated carbocycles. The number of carbonyl (C=O) groups is 2. The van der Waals surface area contributed by atoms with Crippen molar-refractivity contribution in [1.82, 2.24) is 0 Å². The Hall–Kier alpha value is -3.64. The molecule has 2 atom stereocenters. The van der Waals surface area contributed by atoms with Crippen molar-refractivity contribution in [2.75, 3.05) is 24.2 Å². The van der Waals surface area contributed by atoms with Gasteiger partial charge in [-0.2, -0.15) is 0 Å². The molecule has 32 heavy (non-hydrogen) atoms. The summed E-state index contributed by atoms with van der Waals surface area (Å²) in [6.07, 6.45) is 0. The van der Waals surface area contributed by atoms with Crippen molar-refractivity contribution >= 4 is 23.2 Å². The summed E-state index contributed by atoms with van der Waals surface area (Å²) in [7, 11) is 1.84. The minimum absolute atomic E-state index is 0.123. The van der Waals surface area contributed by atoms with Crippen LogP contribution in [0.15, 0.2) is 72.8 Å². The van der Waals surface area contributed by atoms with E-state index in [2.05, 4.69) is 10.6 Å². The minimum Gasteiger partial charge on any atom is -0.457 e. The van der Waals surface area contributed by atoms with Crippen molar-refractivity contribution in [3.8, 4) is 11.5 Å². The van der Waals surface area contributed by atoms with Gasteiger partial charge in [-0.1, -0.05) is 36.4 Å². The number of hydrogen-bond donors (Lipinski definition) is 3. The lowest BCUT2D eigenvalue weighted by molar-refractivity contribution is -0.885. The number of para-hydroxylation sites is 2. The van der Waals surface area contributed by atoms with E-state index in [9.17, 15) is 9.59 Å². The van der Waals surface area contributed by atoms with Crippen LogP contribution in [0.4, 0.5) is 11.4 Å². The van der Waals surface area contributed by atoms with Crippen LogP contribution in [0.2, 0.25) is 0 Å².